The number of carbonyl (C=O) groups is 1. The number of rotatable bonds is 9. The van der Waals surface area contributed by atoms with Crippen molar-refractivity contribution in [1.29, 1.82) is 0 Å². The second-order valence-corrected chi connectivity index (χ2v) is 6.12. The van der Waals surface area contributed by atoms with Gasteiger partial charge < -0.3 is 25.4 Å². The minimum absolute atomic E-state index is 0. The molecule has 1 atom stereocenters. The normalized spacial score (nSPS) is 16.5. The van der Waals surface area contributed by atoms with Crippen LogP contribution in [0.15, 0.2) is 29.3 Å². The first-order valence-electron chi connectivity index (χ1n) is 9.24. The Bertz CT molecular complexity index is 575. The summed E-state index contributed by atoms with van der Waals surface area (Å²) in [5.41, 5.74) is 1.76. The molecule has 0 saturated carbocycles. The largest absolute Gasteiger partial charge is 0.379 e. The van der Waals surface area contributed by atoms with E-state index in [4.69, 9.17) is 9.47 Å². The van der Waals surface area contributed by atoms with Crippen LogP contribution in [0.3, 0.4) is 0 Å². The molecule has 0 radical (unpaired) electrons. The molecule has 1 aromatic carbocycles. The molecule has 1 saturated heterocycles. The summed E-state index contributed by atoms with van der Waals surface area (Å²) < 4.78 is 11.0. The van der Waals surface area contributed by atoms with E-state index in [0.717, 1.165) is 50.7 Å². The molecule has 0 bridgehead atoms. The van der Waals surface area contributed by atoms with Crippen molar-refractivity contribution >= 4 is 35.8 Å². The number of guanidine groups is 1. The van der Waals surface area contributed by atoms with Crippen molar-refractivity contribution in [3.63, 3.8) is 0 Å². The topological polar surface area (TPSA) is 84.0 Å². The Labute approximate surface area is 178 Å². The molecule has 8 heteroatoms. The molecule has 1 aliphatic heterocycles. The lowest BCUT2D eigenvalue weighted by Crippen LogP contribution is -2.37. The Hall–Kier alpha value is -1.39. The minimum Gasteiger partial charge on any atom is -0.379 e. The van der Waals surface area contributed by atoms with Crippen molar-refractivity contribution in [2.45, 2.75) is 32.4 Å². The number of hydrogen-bond donors (Lipinski definition) is 3. The van der Waals surface area contributed by atoms with E-state index in [-0.39, 0.29) is 36.0 Å². The van der Waals surface area contributed by atoms with Gasteiger partial charge in [-0.3, -0.25) is 9.79 Å². The van der Waals surface area contributed by atoms with Crippen LogP contribution in [0.25, 0.3) is 0 Å². The lowest BCUT2D eigenvalue weighted by atomic mass is 10.1. The summed E-state index contributed by atoms with van der Waals surface area (Å²) in [5, 5.41) is 9.34. The Morgan fingerprint density at radius 2 is 2.04 bits per heavy atom. The van der Waals surface area contributed by atoms with Gasteiger partial charge in [-0.2, -0.15) is 0 Å². The van der Waals surface area contributed by atoms with E-state index in [1.54, 1.807) is 7.05 Å². The highest BCUT2D eigenvalue weighted by Gasteiger charge is 2.15. The molecule has 1 fully saturated rings. The van der Waals surface area contributed by atoms with E-state index in [1.807, 2.05) is 31.2 Å². The molecule has 1 aliphatic rings. The Morgan fingerprint density at radius 1 is 1.26 bits per heavy atom. The van der Waals surface area contributed by atoms with Crippen molar-refractivity contribution < 1.29 is 14.3 Å². The molecule has 1 amide bonds. The van der Waals surface area contributed by atoms with E-state index >= 15 is 0 Å². The summed E-state index contributed by atoms with van der Waals surface area (Å²) in [4.78, 5) is 16.0. The van der Waals surface area contributed by atoms with Gasteiger partial charge >= 0.3 is 0 Å². The summed E-state index contributed by atoms with van der Waals surface area (Å²) in [6, 6.07) is 7.56. The fourth-order valence-corrected chi connectivity index (χ4v) is 2.62. The molecular weight excluding hydrogens is 459 g/mol. The molecule has 27 heavy (non-hydrogen) atoms. The smallest absolute Gasteiger partial charge is 0.251 e. The quantitative estimate of drug-likeness (QED) is 0.213. The molecule has 1 aromatic rings. The third kappa shape index (κ3) is 8.89. The molecule has 0 aliphatic carbocycles. The fourth-order valence-electron chi connectivity index (χ4n) is 2.62. The van der Waals surface area contributed by atoms with Crippen molar-refractivity contribution in [2.75, 3.05) is 40.0 Å². The zero-order valence-corrected chi connectivity index (χ0v) is 18.5. The highest BCUT2D eigenvalue weighted by molar-refractivity contribution is 14.0. The summed E-state index contributed by atoms with van der Waals surface area (Å²) in [5.74, 6) is 0.706. The SMILES string of the molecule is CCNC(=O)c1ccc(CNC(=NC)NCCCOC2CCOC2)cc1.I. The van der Waals surface area contributed by atoms with Crippen LogP contribution in [0.5, 0.6) is 0 Å². The third-order valence-corrected chi connectivity index (χ3v) is 4.09. The highest BCUT2D eigenvalue weighted by Crippen LogP contribution is 2.08. The van der Waals surface area contributed by atoms with Gasteiger partial charge in [0.05, 0.1) is 12.7 Å². The zero-order chi connectivity index (χ0) is 18.6. The van der Waals surface area contributed by atoms with Crippen LogP contribution in [-0.4, -0.2) is 57.9 Å². The molecule has 152 valence electrons. The van der Waals surface area contributed by atoms with Crippen molar-refractivity contribution in [3.8, 4) is 0 Å². The average molecular weight is 490 g/mol. The molecule has 0 spiro atoms. The number of carbonyl (C=O) groups excluding carboxylic acids is 1. The van der Waals surface area contributed by atoms with Crippen LogP contribution < -0.4 is 16.0 Å². The number of ether oxygens (including phenoxy) is 2. The molecule has 1 unspecified atom stereocenters. The third-order valence-electron chi connectivity index (χ3n) is 4.09. The van der Waals surface area contributed by atoms with E-state index in [9.17, 15) is 4.79 Å². The standard InChI is InChI=1S/C19H30N4O3.HI/c1-3-21-18(24)16-7-5-15(6-8-16)13-23-19(20-2)22-10-4-11-26-17-9-12-25-14-17;/h5-8,17H,3-4,9-14H2,1-2H3,(H,21,24)(H2,20,22,23);1H. The Balaban J connectivity index is 0.00000364. The predicted octanol–water partition coefficient (Wildman–Crippen LogP) is 1.91. The number of hydrogen-bond acceptors (Lipinski definition) is 4. The monoisotopic (exact) mass is 490 g/mol. The van der Waals surface area contributed by atoms with Crippen LogP contribution in [-0.2, 0) is 16.0 Å². The van der Waals surface area contributed by atoms with Gasteiger partial charge in [0.2, 0.25) is 0 Å². The number of aliphatic imine (C=N–C) groups is 1. The lowest BCUT2D eigenvalue weighted by molar-refractivity contribution is 0.0420. The van der Waals surface area contributed by atoms with Crippen molar-refractivity contribution in [1.82, 2.24) is 16.0 Å². The summed E-state index contributed by atoms with van der Waals surface area (Å²) >= 11 is 0. The maximum atomic E-state index is 11.8. The molecular formula is C19H31IN4O3. The Morgan fingerprint density at radius 3 is 2.67 bits per heavy atom. The fraction of sp³-hybridized carbons (Fsp3) is 0.579. The maximum Gasteiger partial charge on any atom is 0.251 e. The second-order valence-electron chi connectivity index (χ2n) is 6.12. The number of nitrogens with zero attached hydrogens (tertiary/aromatic N) is 1. The predicted molar refractivity (Wildman–Crippen MR) is 118 cm³/mol. The average Bonchev–Trinajstić information content (AvgIpc) is 3.18. The number of nitrogens with one attached hydrogen (secondary N) is 3. The first-order chi connectivity index (χ1) is 12.7. The first-order valence-corrected chi connectivity index (χ1v) is 9.24. The molecule has 7 nitrogen and oxygen atoms in total. The van der Waals surface area contributed by atoms with Gasteiger partial charge in [-0.05, 0) is 37.5 Å². The van der Waals surface area contributed by atoms with E-state index < -0.39 is 0 Å². The van der Waals surface area contributed by atoms with Crippen LogP contribution in [0.4, 0.5) is 0 Å². The van der Waals surface area contributed by atoms with Crippen molar-refractivity contribution in [3.05, 3.63) is 35.4 Å². The van der Waals surface area contributed by atoms with Gasteiger partial charge in [-0.1, -0.05) is 12.1 Å². The van der Waals surface area contributed by atoms with E-state index in [2.05, 4.69) is 20.9 Å². The van der Waals surface area contributed by atoms with Crippen LogP contribution in [0.2, 0.25) is 0 Å². The zero-order valence-electron chi connectivity index (χ0n) is 16.1. The number of amides is 1. The minimum atomic E-state index is -0.0455. The molecule has 2 rings (SSSR count). The van der Waals surface area contributed by atoms with Gasteiger partial charge in [0.25, 0.3) is 5.91 Å². The van der Waals surface area contributed by atoms with Crippen LogP contribution in [0, 0.1) is 0 Å². The van der Waals surface area contributed by atoms with E-state index in [1.165, 1.54) is 0 Å². The first kappa shape index (κ1) is 23.6. The van der Waals surface area contributed by atoms with Crippen molar-refractivity contribution in [2.24, 2.45) is 4.99 Å². The highest BCUT2D eigenvalue weighted by atomic mass is 127. The van der Waals surface area contributed by atoms with Gasteiger partial charge in [-0.15, -0.1) is 24.0 Å². The lowest BCUT2D eigenvalue weighted by Gasteiger charge is -2.13. The maximum absolute atomic E-state index is 11.8. The van der Waals surface area contributed by atoms with E-state index in [0.29, 0.717) is 18.7 Å². The summed E-state index contributed by atoms with van der Waals surface area (Å²) in [6.07, 6.45) is 2.17. The second kappa shape index (κ2) is 13.7. The van der Waals surface area contributed by atoms with Crippen LogP contribution in [0.1, 0.15) is 35.7 Å². The molecule has 1 heterocycles. The van der Waals surface area contributed by atoms with Gasteiger partial charge in [-0.25, -0.2) is 0 Å². The summed E-state index contributed by atoms with van der Waals surface area (Å²) in [7, 11) is 1.75. The molecule has 3 N–H and O–H groups in total. The molecule has 0 aromatic heterocycles. The van der Waals surface area contributed by atoms with Gasteiger partial charge in [0.1, 0.15) is 0 Å². The number of halogens is 1. The Kier molecular flexibility index (Phi) is 12.0. The summed E-state index contributed by atoms with van der Waals surface area (Å²) in [6.45, 7) is 6.22. The van der Waals surface area contributed by atoms with Gasteiger partial charge in [0.15, 0.2) is 5.96 Å². The number of benzene rings is 1. The van der Waals surface area contributed by atoms with Gasteiger partial charge in [0, 0.05) is 45.5 Å². The van der Waals surface area contributed by atoms with Crippen LogP contribution >= 0.6 is 24.0 Å².